The molecule has 3 N–H and O–H groups in total. The number of amides is 3. The number of hydrogen-bond donors (Lipinski definition) is 3. The number of urea groups is 1. The smallest absolute Gasteiger partial charge is 0.323 e. The molecule has 14 heteroatoms. The number of nitrogens with one attached hydrogen (secondary N) is 3. The molecule has 1 aliphatic rings. The summed E-state index contributed by atoms with van der Waals surface area (Å²) in [6, 6.07) is 4.45. The van der Waals surface area contributed by atoms with Crippen LogP contribution in [0.5, 0.6) is 0 Å². The second-order valence-electron chi connectivity index (χ2n) is 6.18. The Kier molecular flexibility index (Phi) is 6.59. The van der Waals surface area contributed by atoms with Crippen molar-refractivity contribution in [2.75, 3.05) is 31.1 Å². The monoisotopic (exact) mass is 454 g/mol. The van der Waals surface area contributed by atoms with E-state index in [4.69, 9.17) is 0 Å². The van der Waals surface area contributed by atoms with Crippen LogP contribution in [0.15, 0.2) is 34.5 Å². The summed E-state index contributed by atoms with van der Waals surface area (Å²) >= 11 is 1.26. The van der Waals surface area contributed by atoms with Gasteiger partial charge in [0.15, 0.2) is 5.13 Å². The van der Waals surface area contributed by atoms with E-state index in [2.05, 4.69) is 20.3 Å². The first kappa shape index (κ1) is 21.6. The van der Waals surface area contributed by atoms with Crippen molar-refractivity contribution < 1.29 is 22.9 Å². The lowest BCUT2D eigenvalue weighted by Crippen LogP contribution is -2.35. The van der Waals surface area contributed by atoms with Gasteiger partial charge in [0.1, 0.15) is 0 Å². The first-order chi connectivity index (χ1) is 14.3. The van der Waals surface area contributed by atoms with Gasteiger partial charge in [-0.1, -0.05) is 6.07 Å². The summed E-state index contributed by atoms with van der Waals surface area (Å²) in [7, 11) is -3.94. The van der Waals surface area contributed by atoms with Gasteiger partial charge in [-0.25, -0.2) is 22.9 Å². The zero-order valence-corrected chi connectivity index (χ0v) is 17.2. The number of sulfonamides is 1. The average Bonchev–Trinajstić information content (AvgIpc) is 3.34. The Balaban J connectivity index is 1.46. The molecule has 3 rings (SSSR count). The molecule has 1 aromatic carbocycles. The first-order valence-electron chi connectivity index (χ1n) is 8.77. The molecule has 12 nitrogen and oxygen atoms in total. The maximum Gasteiger partial charge on any atom is 0.323 e. The lowest BCUT2D eigenvalue weighted by molar-refractivity contribution is -0.385. The lowest BCUT2D eigenvalue weighted by Gasteiger charge is -2.09. The summed E-state index contributed by atoms with van der Waals surface area (Å²) in [6.45, 7) is 0.995. The summed E-state index contributed by atoms with van der Waals surface area (Å²) in [5, 5.41) is 18.2. The van der Waals surface area contributed by atoms with Gasteiger partial charge in [-0.2, -0.15) is 0 Å². The van der Waals surface area contributed by atoms with Crippen molar-refractivity contribution in [2.45, 2.75) is 11.3 Å². The van der Waals surface area contributed by atoms with Gasteiger partial charge in [0, 0.05) is 43.7 Å². The number of thiazole rings is 1. The van der Waals surface area contributed by atoms with E-state index in [0.29, 0.717) is 23.9 Å². The maximum absolute atomic E-state index is 12.2. The molecule has 0 aliphatic carbocycles. The van der Waals surface area contributed by atoms with Crippen molar-refractivity contribution in [2.24, 2.45) is 0 Å². The van der Waals surface area contributed by atoms with E-state index in [-0.39, 0.29) is 42.0 Å². The highest BCUT2D eigenvalue weighted by molar-refractivity contribution is 7.89. The molecule has 3 amide bonds. The van der Waals surface area contributed by atoms with Gasteiger partial charge in [0.05, 0.1) is 21.9 Å². The summed E-state index contributed by atoms with van der Waals surface area (Å²) in [4.78, 5) is 39.3. The number of anilines is 1. The Labute approximate surface area is 175 Å². The van der Waals surface area contributed by atoms with Crippen molar-refractivity contribution in [1.29, 1.82) is 0 Å². The van der Waals surface area contributed by atoms with Crippen molar-refractivity contribution in [3.63, 3.8) is 0 Å². The molecule has 2 aromatic rings. The van der Waals surface area contributed by atoms with Gasteiger partial charge in [0.2, 0.25) is 15.9 Å². The number of aromatic nitrogens is 1. The minimum Gasteiger partial charge on any atom is -0.354 e. The normalized spacial score (nSPS) is 13.9. The molecule has 0 bridgehead atoms. The zero-order chi connectivity index (χ0) is 21.7. The third-order valence-corrected chi connectivity index (χ3v) is 6.42. The van der Waals surface area contributed by atoms with Crippen molar-refractivity contribution >= 4 is 44.1 Å². The molecule has 1 aliphatic heterocycles. The van der Waals surface area contributed by atoms with Gasteiger partial charge < -0.3 is 10.6 Å². The second kappa shape index (κ2) is 9.15. The van der Waals surface area contributed by atoms with E-state index in [0.717, 1.165) is 6.07 Å². The Morgan fingerprint density at radius 1 is 1.37 bits per heavy atom. The van der Waals surface area contributed by atoms with E-state index in [9.17, 15) is 28.1 Å². The number of benzene rings is 1. The maximum atomic E-state index is 12.2. The van der Waals surface area contributed by atoms with Crippen LogP contribution in [0.3, 0.4) is 0 Å². The molecule has 1 saturated heterocycles. The molecule has 0 spiro atoms. The molecule has 1 aromatic heterocycles. The second-order valence-corrected chi connectivity index (χ2v) is 8.79. The van der Waals surface area contributed by atoms with Gasteiger partial charge in [-0.15, -0.1) is 11.3 Å². The highest BCUT2D eigenvalue weighted by Gasteiger charge is 2.24. The van der Waals surface area contributed by atoms with Gasteiger partial charge in [-0.3, -0.25) is 19.8 Å². The Morgan fingerprint density at radius 2 is 2.17 bits per heavy atom. The Morgan fingerprint density at radius 3 is 2.87 bits per heavy atom. The van der Waals surface area contributed by atoms with Gasteiger partial charge in [-0.05, 0) is 6.07 Å². The van der Waals surface area contributed by atoms with Crippen LogP contribution < -0.4 is 20.3 Å². The Bertz CT molecular complexity index is 1070. The van der Waals surface area contributed by atoms with Gasteiger partial charge >= 0.3 is 6.03 Å². The SMILES string of the molecule is O=C(Cc1csc(N2CCNC2=O)n1)NCCNS(=O)(=O)c1cccc([N+](=O)[O-])c1. The van der Waals surface area contributed by atoms with Crippen LogP contribution in [0.1, 0.15) is 5.69 Å². The predicted molar refractivity (Wildman–Crippen MR) is 108 cm³/mol. The molecule has 30 heavy (non-hydrogen) atoms. The molecule has 160 valence electrons. The molecule has 0 radical (unpaired) electrons. The number of nitrogens with zero attached hydrogens (tertiary/aromatic N) is 3. The lowest BCUT2D eigenvalue weighted by atomic mass is 10.3. The minimum absolute atomic E-state index is 0.0103. The average molecular weight is 454 g/mol. The number of hydrogen-bond acceptors (Lipinski definition) is 8. The zero-order valence-electron chi connectivity index (χ0n) is 15.5. The number of carbonyl (C=O) groups is 2. The summed E-state index contributed by atoms with van der Waals surface area (Å²) in [5.74, 6) is -0.354. The number of rotatable bonds is 9. The molecule has 2 heterocycles. The molecule has 0 unspecified atom stereocenters. The molecule has 0 atom stereocenters. The molecule has 1 fully saturated rings. The molecular weight excluding hydrogens is 436 g/mol. The van der Waals surface area contributed by atoms with Crippen molar-refractivity contribution in [3.8, 4) is 0 Å². The largest absolute Gasteiger partial charge is 0.354 e. The topological polar surface area (TPSA) is 164 Å². The van der Waals surface area contributed by atoms with Crippen LogP contribution in [0.25, 0.3) is 0 Å². The Hall–Kier alpha value is -3.10. The summed E-state index contributed by atoms with van der Waals surface area (Å²) in [6.07, 6.45) is -0.0103. The van der Waals surface area contributed by atoms with E-state index in [1.807, 2.05) is 0 Å². The van der Waals surface area contributed by atoms with Crippen molar-refractivity contribution in [3.05, 3.63) is 45.5 Å². The fourth-order valence-electron chi connectivity index (χ4n) is 2.62. The summed E-state index contributed by atoms with van der Waals surface area (Å²) in [5.41, 5.74) is 0.171. The fraction of sp³-hybridized carbons (Fsp3) is 0.312. The fourth-order valence-corrected chi connectivity index (χ4v) is 4.54. The van der Waals surface area contributed by atoms with Crippen LogP contribution in [-0.2, 0) is 21.2 Å². The number of carbonyl (C=O) groups excluding carboxylic acids is 2. The van der Waals surface area contributed by atoms with E-state index in [1.54, 1.807) is 5.38 Å². The van der Waals surface area contributed by atoms with Crippen molar-refractivity contribution in [1.82, 2.24) is 20.3 Å². The standard InChI is InChI=1S/C16H18N6O6S2/c23-14(8-11-10-29-16(20-11)21-7-6-18-15(21)24)17-4-5-19-30(27,28)13-3-1-2-12(9-13)22(25)26/h1-3,9-10,19H,4-8H2,(H,17,23)(H,18,24). The first-order valence-corrected chi connectivity index (χ1v) is 11.1. The van der Waals surface area contributed by atoms with Crippen LogP contribution in [-0.4, -0.2) is 56.4 Å². The predicted octanol–water partition coefficient (Wildman–Crippen LogP) is 0.218. The minimum atomic E-state index is -3.94. The molecular formula is C16H18N6O6S2. The third kappa shape index (κ3) is 5.28. The van der Waals surface area contributed by atoms with Crippen LogP contribution >= 0.6 is 11.3 Å². The summed E-state index contributed by atoms with van der Waals surface area (Å²) < 4.78 is 26.7. The highest BCUT2D eigenvalue weighted by atomic mass is 32.2. The quantitative estimate of drug-likeness (QED) is 0.277. The van der Waals surface area contributed by atoms with E-state index >= 15 is 0 Å². The number of non-ortho nitro benzene ring substituents is 1. The number of nitro groups is 1. The van der Waals surface area contributed by atoms with Gasteiger partial charge in [0.25, 0.3) is 5.69 Å². The van der Waals surface area contributed by atoms with E-state index < -0.39 is 14.9 Å². The highest BCUT2D eigenvalue weighted by Crippen LogP contribution is 2.22. The van der Waals surface area contributed by atoms with Crippen LogP contribution in [0, 0.1) is 10.1 Å². The molecule has 0 saturated carbocycles. The third-order valence-electron chi connectivity index (χ3n) is 4.05. The number of nitro benzene ring substituents is 1. The van der Waals surface area contributed by atoms with E-state index in [1.165, 1.54) is 34.4 Å². The van der Waals surface area contributed by atoms with Crippen LogP contribution in [0.2, 0.25) is 0 Å². The van der Waals surface area contributed by atoms with Crippen LogP contribution in [0.4, 0.5) is 15.6 Å².